The summed E-state index contributed by atoms with van der Waals surface area (Å²) in [4.78, 5) is 41.4. The zero-order chi connectivity index (χ0) is 45.4. The average molecular weight is 879 g/mol. The van der Waals surface area contributed by atoms with Crippen molar-refractivity contribution >= 4 is 46.3 Å². The highest BCUT2D eigenvalue weighted by atomic mass is 19.4. The van der Waals surface area contributed by atoms with Gasteiger partial charge in [0.1, 0.15) is 22.9 Å². The molecule has 2 aliphatic rings. The fourth-order valence-corrected chi connectivity index (χ4v) is 8.09. The summed E-state index contributed by atoms with van der Waals surface area (Å²) >= 11 is 0. The van der Waals surface area contributed by atoms with Crippen molar-refractivity contribution in [2.45, 2.75) is 45.8 Å². The number of ether oxygens (including phenoxy) is 1. The fourth-order valence-electron chi connectivity index (χ4n) is 8.09. The molecular formula is C45H45F3N10O6. The van der Waals surface area contributed by atoms with Crippen molar-refractivity contribution < 1.29 is 42.8 Å². The van der Waals surface area contributed by atoms with E-state index in [1.807, 2.05) is 55.3 Å². The second-order valence-corrected chi connectivity index (χ2v) is 15.4. The number of hydrogen-bond donors (Lipinski definition) is 5. The molecule has 1 fully saturated rings. The van der Waals surface area contributed by atoms with Crippen molar-refractivity contribution in [3.8, 4) is 40.3 Å². The summed E-state index contributed by atoms with van der Waals surface area (Å²) in [6, 6.07) is 18.2. The lowest BCUT2D eigenvalue weighted by Gasteiger charge is -2.33. The number of nitrogens with zero attached hydrogens (tertiary/aromatic N) is 8. The molecule has 0 saturated carbocycles. The van der Waals surface area contributed by atoms with Gasteiger partial charge in [0, 0.05) is 57.5 Å². The van der Waals surface area contributed by atoms with Gasteiger partial charge in [-0.2, -0.15) is 18.2 Å². The number of anilines is 6. The summed E-state index contributed by atoms with van der Waals surface area (Å²) in [6.07, 6.45) is -1.94. The van der Waals surface area contributed by atoms with E-state index in [4.69, 9.17) is 9.72 Å². The van der Waals surface area contributed by atoms with E-state index in [-0.39, 0.29) is 40.2 Å². The molecule has 0 aliphatic carbocycles. The smallest absolute Gasteiger partial charge is 0.416 e. The first-order valence-electron chi connectivity index (χ1n) is 20.6. The Bertz CT molecular complexity index is 2760. The Labute approximate surface area is 365 Å². The maximum Gasteiger partial charge on any atom is 0.416 e. The van der Waals surface area contributed by atoms with Crippen molar-refractivity contribution in [1.82, 2.24) is 30.0 Å². The van der Waals surface area contributed by atoms with Gasteiger partial charge in [0.25, 0.3) is 5.91 Å². The molecule has 2 aromatic heterocycles. The third-order valence-corrected chi connectivity index (χ3v) is 11.5. The van der Waals surface area contributed by atoms with Gasteiger partial charge < -0.3 is 45.4 Å². The highest BCUT2D eigenvalue weighted by molar-refractivity contribution is 6.13. The molecule has 0 atom stereocenters. The topological polar surface area (TPSA) is 194 Å². The zero-order valence-electron chi connectivity index (χ0n) is 35.3. The van der Waals surface area contributed by atoms with Gasteiger partial charge in [-0.25, -0.2) is 9.55 Å². The van der Waals surface area contributed by atoms with Gasteiger partial charge in [-0.1, -0.05) is 30.2 Å². The number of rotatable bonds is 11. The predicted molar refractivity (Wildman–Crippen MR) is 233 cm³/mol. The van der Waals surface area contributed by atoms with Gasteiger partial charge >= 0.3 is 12.2 Å². The SMILES string of the molecule is CCOc1cc(N2CCC(C(=O)NCc3ccc(-n4c(O)nnc4-c4cc(CC)c(O)cc4O)cc3C(F)(F)F)CC2)ccc1Nc1ncc2c(n1)N(C)c1ccccc1C(=O)N2C. The van der Waals surface area contributed by atoms with E-state index in [2.05, 4.69) is 30.7 Å². The van der Waals surface area contributed by atoms with E-state index in [9.17, 15) is 38.1 Å². The number of fused-ring (bicyclic) bond motifs is 2. The van der Waals surface area contributed by atoms with E-state index in [0.717, 1.165) is 22.4 Å². The van der Waals surface area contributed by atoms with Gasteiger partial charge in [-0.3, -0.25) is 9.59 Å². The average Bonchev–Trinajstić information content (AvgIpc) is 3.65. The molecule has 4 aromatic carbocycles. The number of piperidine rings is 1. The predicted octanol–water partition coefficient (Wildman–Crippen LogP) is 7.46. The number of carbonyl (C=O) groups is 2. The van der Waals surface area contributed by atoms with Crippen LogP contribution < -0.4 is 30.1 Å². The van der Waals surface area contributed by atoms with Crippen LogP contribution in [-0.2, 0) is 23.9 Å². The van der Waals surface area contributed by atoms with E-state index in [1.165, 1.54) is 23.1 Å². The Kier molecular flexibility index (Phi) is 11.6. The van der Waals surface area contributed by atoms with Gasteiger partial charge in [0.15, 0.2) is 11.6 Å². The molecule has 6 aromatic rings. The Morgan fingerprint density at radius 3 is 2.34 bits per heavy atom. The molecule has 0 radical (unpaired) electrons. The lowest BCUT2D eigenvalue weighted by molar-refractivity contribution is -0.138. The number of para-hydroxylation sites is 1. The van der Waals surface area contributed by atoms with Crippen LogP contribution in [0.5, 0.6) is 23.3 Å². The number of aromatic nitrogens is 5. The van der Waals surface area contributed by atoms with Crippen LogP contribution >= 0.6 is 0 Å². The second-order valence-electron chi connectivity index (χ2n) is 15.4. The summed E-state index contributed by atoms with van der Waals surface area (Å²) in [7, 11) is 3.53. The molecule has 2 aliphatic heterocycles. The van der Waals surface area contributed by atoms with Gasteiger partial charge in [0.2, 0.25) is 11.9 Å². The molecule has 0 spiro atoms. The number of carbonyl (C=O) groups excluding carboxylic acids is 2. The van der Waals surface area contributed by atoms with E-state index >= 15 is 0 Å². The fraction of sp³-hybridized carbons (Fsp3) is 0.289. The molecular weight excluding hydrogens is 834 g/mol. The maximum absolute atomic E-state index is 14.5. The standard InChI is InChI=1S/C45H45F3N10O6/c1-5-25-19-31(37(60)22-36(25)59)39-53-54-44(63)58(39)29-12-11-27(32(20-29)45(46,47)48)23-49-41(61)26-15-17-57(18-16-26)28-13-14-33(38(21-28)64-6-2)51-43-50-24-35-40(52-43)55(3)34-10-8-7-9-30(34)42(62)56(35)4/h7-14,19-22,24,26,59-60H,5-6,15-18,23H2,1-4H3,(H,49,61)(H,54,63)(H,50,51,52). The summed E-state index contributed by atoms with van der Waals surface area (Å²) in [6.45, 7) is 4.64. The second kappa shape index (κ2) is 17.3. The number of benzene rings is 4. The number of aromatic hydroxyl groups is 3. The van der Waals surface area contributed by atoms with Crippen LogP contribution in [0.4, 0.5) is 47.7 Å². The van der Waals surface area contributed by atoms with Gasteiger partial charge in [-0.05, 0) is 79.8 Å². The normalized spacial score (nSPS) is 14.2. The molecule has 0 bridgehead atoms. The number of nitrogens with one attached hydrogen (secondary N) is 2. The van der Waals surface area contributed by atoms with Crippen molar-refractivity contribution in [1.29, 1.82) is 0 Å². The molecule has 4 heterocycles. The van der Waals surface area contributed by atoms with E-state index in [1.54, 1.807) is 26.2 Å². The molecule has 8 rings (SSSR count). The molecule has 5 N–H and O–H groups in total. The molecule has 19 heteroatoms. The number of halogens is 3. The van der Waals surface area contributed by atoms with Crippen LogP contribution in [0.15, 0.2) is 79.0 Å². The lowest BCUT2D eigenvalue weighted by Crippen LogP contribution is -2.40. The minimum atomic E-state index is -4.83. The number of phenols is 2. The van der Waals surface area contributed by atoms with E-state index < -0.39 is 36.0 Å². The highest BCUT2D eigenvalue weighted by Crippen LogP contribution is 2.41. The van der Waals surface area contributed by atoms with Crippen molar-refractivity contribution in [3.05, 3.63) is 101 Å². The zero-order valence-corrected chi connectivity index (χ0v) is 35.3. The number of alkyl halides is 3. The summed E-state index contributed by atoms with van der Waals surface area (Å²) < 4.78 is 50.6. The molecule has 0 unspecified atom stereocenters. The molecule has 64 heavy (non-hydrogen) atoms. The van der Waals surface area contributed by atoms with Gasteiger partial charge in [-0.15, -0.1) is 5.10 Å². The number of aryl methyl sites for hydroxylation is 1. The van der Waals surface area contributed by atoms with E-state index in [0.29, 0.717) is 84.7 Å². The van der Waals surface area contributed by atoms with Crippen molar-refractivity contribution in [3.63, 3.8) is 0 Å². The quantitative estimate of drug-likeness (QED) is 0.0862. The number of phenolic OH excluding ortho intramolecular Hbond substituents is 2. The van der Waals surface area contributed by atoms with Crippen LogP contribution in [0.1, 0.15) is 53.7 Å². The lowest BCUT2D eigenvalue weighted by atomic mass is 9.95. The van der Waals surface area contributed by atoms with Crippen LogP contribution in [-0.4, -0.2) is 85.7 Å². The first-order valence-corrected chi connectivity index (χ1v) is 20.6. The van der Waals surface area contributed by atoms with Crippen LogP contribution in [0.25, 0.3) is 17.1 Å². The molecule has 332 valence electrons. The van der Waals surface area contributed by atoms with Crippen molar-refractivity contribution in [2.24, 2.45) is 5.92 Å². The first-order chi connectivity index (χ1) is 30.7. The number of hydrogen-bond acceptors (Lipinski definition) is 13. The largest absolute Gasteiger partial charge is 0.508 e. The monoisotopic (exact) mass is 878 g/mol. The minimum absolute atomic E-state index is 0.0450. The summed E-state index contributed by atoms with van der Waals surface area (Å²) in [5.74, 6) is -0.315. The van der Waals surface area contributed by atoms with Gasteiger partial charge in [0.05, 0.1) is 46.6 Å². The van der Waals surface area contributed by atoms with Crippen LogP contribution in [0.3, 0.4) is 0 Å². The Hall–Kier alpha value is -7.57. The van der Waals surface area contributed by atoms with Crippen molar-refractivity contribution in [2.75, 3.05) is 53.8 Å². The molecule has 2 amide bonds. The highest BCUT2D eigenvalue weighted by Gasteiger charge is 2.35. The van der Waals surface area contributed by atoms with Crippen LogP contribution in [0.2, 0.25) is 0 Å². The Morgan fingerprint density at radius 1 is 0.859 bits per heavy atom. The summed E-state index contributed by atoms with van der Waals surface area (Å²) in [5, 5.41) is 44.8. The first kappa shape index (κ1) is 43.1. The molecule has 16 nitrogen and oxygen atoms in total. The minimum Gasteiger partial charge on any atom is -0.508 e. The Balaban J connectivity index is 0.932. The summed E-state index contributed by atoms with van der Waals surface area (Å²) in [5.41, 5.74) is 2.41. The maximum atomic E-state index is 14.5. The Morgan fingerprint density at radius 2 is 1.61 bits per heavy atom. The third-order valence-electron chi connectivity index (χ3n) is 11.5. The third kappa shape index (κ3) is 8.23. The number of amides is 2. The molecule has 1 saturated heterocycles. The van der Waals surface area contributed by atoms with Crippen LogP contribution in [0, 0.1) is 5.92 Å².